The zero-order valence-electron chi connectivity index (χ0n) is 12.8. The molecular weight excluding hydrogens is 316 g/mol. The molecule has 1 aromatic carbocycles. The van der Waals surface area contributed by atoms with Crippen LogP contribution in [0, 0.1) is 0 Å². The minimum Gasteiger partial charge on any atom is -0.399 e. The van der Waals surface area contributed by atoms with Crippen molar-refractivity contribution in [2.75, 3.05) is 7.11 Å². The molecule has 2 aromatic rings. The predicted molar refractivity (Wildman–Crippen MR) is 90.8 cm³/mol. The maximum atomic E-state index is 12.9. The lowest BCUT2D eigenvalue weighted by Crippen LogP contribution is -2.63. The minimum absolute atomic E-state index is 0.186. The number of nitrogens with one attached hydrogen (secondary N) is 1. The van der Waals surface area contributed by atoms with Crippen LogP contribution in [0.5, 0.6) is 0 Å². The fraction of sp³-hybridized carbons (Fsp3) is 0.375. The van der Waals surface area contributed by atoms with Gasteiger partial charge >= 0.3 is 0 Å². The second-order valence-corrected chi connectivity index (χ2v) is 6.37. The molecule has 0 amide bonds. The van der Waals surface area contributed by atoms with Gasteiger partial charge in [0.15, 0.2) is 5.78 Å². The topological polar surface area (TPSA) is 106 Å². The zero-order valence-corrected chi connectivity index (χ0v) is 13.6. The van der Waals surface area contributed by atoms with Crippen molar-refractivity contribution in [1.82, 2.24) is 4.98 Å². The molecule has 0 spiro atoms. The predicted octanol–water partition coefficient (Wildman–Crippen LogP) is 2.22. The molecular formula is C16H19ClN4O2. The number of ketones is 1. The van der Waals surface area contributed by atoms with E-state index in [1.807, 2.05) is 6.07 Å². The van der Waals surface area contributed by atoms with E-state index < -0.39 is 11.6 Å². The molecule has 6 nitrogen and oxygen atoms in total. The number of fused-ring (bicyclic) bond motifs is 1. The Morgan fingerprint density at radius 3 is 2.96 bits per heavy atom. The first-order valence-corrected chi connectivity index (χ1v) is 7.78. The highest BCUT2D eigenvalue weighted by Crippen LogP contribution is 2.29. The van der Waals surface area contributed by atoms with E-state index in [0.29, 0.717) is 30.0 Å². The third-order valence-electron chi connectivity index (χ3n) is 4.42. The molecule has 3 rings (SSSR count). The van der Waals surface area contributed by atoms with E-state index in [-0.39, 0.29) is 5.78 Å². The normalized spacial score (nSPS) is 26.6. The molecule has 1 aliphatic carbocycles. The molecule has 2 unspecified atom stereocenters. The van der Waals surface area contributed by atoms with Crippen LogP contribution in [0.4, 0.5) is 0 Å². The van der Waals surface area contributed by atoms with E-state index in [4.69, 9.17) is 27.9 Å². The summed E-state index contributed by atoms with van der Waals surface area (Å²) < 4.78 is 0. The Kier molecular flexibility index (Phi) is 4.14. The van der Waals surface area contributed by atoms with Crippen molar-refractivity contribution in [2.45, 2.75) is 30.8 Å². The maximum Gasteiger partial charge on any atom is 0.200 e. The van der Waals surface area contributed by atoms with Crippen LogP contribution in [-0.2, 0) is 4.84 Å². The first kappa shape index (κ1) is 16.0. The summed E-state index contributed by atoms with van der Waals surface area (Å²) in [6.07, 6.45) is 1.48. The highest BCUT2D eigenvalue weighted by Gasteiger charge is 2.44. The van der Waals surface area contributed by atoms with Gasteiger partial charge in [-0.25, -0.2) is 0 Å². The molecule has 0 bridgehead atoms. The number of carbonyl (C=O) groups is 1. The fourth-order valence-corrected chi connectivity index (χ4v) is 3.23. The van der Waals surface area contributed by atoms with Gasteiger partial charge in [-0.2, -0.15) is 0 Å². The Morgan fingerprint density at radius 2 is 2.26 bits per heavy atom. The summed E-state index contributed by atoms with van der Waals surface area (Å²) in [5, 5.41) is 5.41. The number of nitrogens with zero attached hydrogens (tertiary/aromatic N) is 1. The largest absolute Gasteiger partial charge is 0.399 e. The van der Waals surface area contributed by atoms with Gasteiger partial charge in [-0.15, -0.1) is 0 Å². The molecule has 1 aliphatic rings. The fourth-order valence-electron chi connectivity index (χ4n) is 3.05. The van der Waals surface area contributed by atoms with Crippen molar-refractivity contribution in [3.8, 4) is 0 Å². The van der Waals surface area contributed by atoms with Crippen LogP contribution < -0.4 is 11.5 Å². The standard InChI is InChI=1S/C16H19ClN4O2/c1-23-21-11-4-5-16(19,14(18)8-11)15(22)13-7-9-6-10(17)2-3-12(9)20-13/h2-3,6-7,14,20H,4-5,8,18-19H2,1H3. The highest BCUT2D eigenvalue weighted by molar-refractivity contribution is 6.31. The van der Waals surface area contributed by atoms with Crippen molar-refractivity contribution < 1.29 is 9.63 Å². The van der Waals surface area contributed by atoms with Crippen molar-refractivity contribution >= 4 is 34.0 Å². The molecule has 1 fully saturated rings. The number of hydrogen-bond donors (Lipinski definition) is 3. The zero-order chi connectivity index (χ0) is 16.6. The number of Topliss-reactive ketones (excluding diaryl/α,β-unsaturated/α-hetero) is 1. The van der Waals surface area contributed by atoms with Crippen molar-refractivity contribution in [3.05, 3.63) is 35.0 Å². The van der Waals surface area contributed by atoms with Crippen LogP contribution in [0.3, 0.4) is 0 Å². The summed E-state index contributed by atoms with van der Waals surface area (Å²) in [5.74, 6) is -0.186. The van der Waals surface area contributed by atoms with Gasteiger partial charge < -0.3 is 21.3 Å². The van der Waals surface area contributed by atoms with Crippen LogP contribution in [0.2, 0.25) is 5.02 Å². The summed E-state index contributed by atoms with van der Waals surface area (Å²) in [6, 6.07) is 6.67. The minimum atomic E-state index is -1.11. The van der Waals surface area contributed by atoms with Crippen molar-refractivity contribution in [1.29, 1.82) is 0 Å². The second-order valence-electron chi connectivity index (χ2n) is 5.93. The Morgan fingerprint density at radius 1 is 1.48 bits per heavy atom. The van der Waals surface area contributed by atoms with Gasteiger partial charge in [0.05, 0.1) is 16.9 Å². The molecule has 23 heavy (non-hydrogen) atoms. The number of hydrogen-bond acceptors (Lipinski definition) is 5. The Balaban J connectivity index is 1.90. The number of H-pyrrole nitrogens is 1. The van der Waals surface area contributed by atoms with Crippen LogP contribution in [0.15, 0.2) is 29.4 Å². The summed E-state index contributed by atoms with van der Waals surface area (Å²) >= 11 is 5.98. The smallest absolute Gasteiger partial charge is 0.200 e. The summed E-state index contributed by atoms with van der Waals surface area (Å²) in [7, 11) is 1.49. The van der Waals surface area contributed by atoms with Gasteiger partial charge in [-0.05, 0) is 37.1 Å². The number of rotatable bonds is 3. The van der Waals surface area contributed by atoms with Crippen LogP contribution in [0.1, 0.15) is 29.8 Å². The lowest BCUT2D eigenvalue weighted by Gasteiger charge is -2.37. The number of carbonyl (C=O) groups excluding carboxylic acids is 1. The first-order chi connectivity index (χ1) is 10.9. The molecule has 0 radical (unpaired) electrons. The quantitative estimate of drug-likeness (QED) is 0.591. The molecule has 122 valence electrons. The Hall–Kier alpha value is -1.89. The third-order valence-corrected chi connectivity index (χ3v) is 4.65. The van der Waals surface area contributed by atoms with E-state index >= 15 is 0 Å². The van der Waals surface area contributed by atoms with Gasteiger partial charge in [0.1, 0.15) is 7.11 Å². The molecule has 0 aliphatic heterocycles. The van der Waals surface area contributed by atoms with Gasteiger partial charge in [0.2, 0.25) is 0 Å². The SMILES string of the molecule is CON=C1CCC(N)(C(=O)c2cc3cc(Cl)ccc3[nH]2)C(N)C1. The van der Waals surface area contributed by atoms with Crippen LogP contribution in [0.25, 0.3) is 10.9 Å². The average Bonchev–Trinajstić information content (AvgIpc) is 2.93. The van der Waals surface area contributed by atoms with E-state index in [9.17, 15) is 4.79 Å². The number of nitrogens with two attached hydrogens (primary N) is 2. The number of oxime groups is 1. The second kappa shape index (κ2) is 5.96. The van der Waals surface area contributed by atoms with Crippen LogP contribution >= 0.6 is 11.6 Å². The van der Waals surface area contributed by atoms with Gasteiger partial charge in [-0.3, -0.25) is 4.79 Å². The Labute approximate surface area is 138 Å². The van der Waals surface area contributed by atoms with E-state index in [1.165, 1.54) is 7.11 Å². The van der Waals surface area contributed by atoms with Crippen molar-refractivity contribution in [3.63, 3.8) is 0 Å². The number of benzene rings is 1. The summed E-state index contributed by atoms with van der Waals surface area (Å²) in [4.78, 5) is 20.8. The molecule has 2 atom stereocenters. The summed E-state index contributed by atoms with van der Waals surface area (Å²) in [6.45, 7) is 0. The molecule has 5 N–H and O–H groups in total. The van der Waals surface area contributed by atoms with Gasteiger partial charge in [0, 0.05) is 28.4 Å². The third kappa shape index (κ3) is 2.85. The highest BCUT2D eigenvalue weighted by atomic mass is 35.5. The number of aromatic amines is 1. The molecule has 1 heterocycles. The Bertz CT molecular complexity index is 785. The molecule has 0 saturated heterocycles. The van der Waals surface area contributed by atoms with E-state index in [1.54, 1.807) is 18.2 Å². The summed E-state index contributed by atoms with van der Waals surface area (Å²) in [5.41, 5.74) is 13.6. The maximum absolute atomic E-state index is 12.9. The number of halogens is 1. The van der Waals surface area contributed by atoms with Gasteiger partial charge in [-0.1, -0.05) is 16.8 Å². The van der Waals surface area contributed by atoms with Gasteiger partial charge in [0.25, 0.3) is 0 Å². The number of aromatic nitrogens is 1. The van der Waals surface area contributed by atoms with Crippen molar-refractivity contribution in [2.24, 2.45) is 16.6 Å². The molecule has 7 heteroatoms. The lowest BCUT2D eigenvalue weighted by atomic mass is 9.74. The average molecular weight is 335 g/mol. The van der Waals surface area contributed by atoms with E-state index in [2.05, 4.69) is 10.1 Å². The molecule has 1 saturated carbocycles. The lowest BCUT2D eigenvalue weighted by molar-refractivity contribution is 0.0843. The van der Waals surface area contributed by atoms with Crippen LogP contribution in [-0.4, -0.2) is 35.2 Å². The monoisotopic (exact) mass is 334 g/mol. The van der Waals surface area contributed by atoms with E-state index in [0.717, 1.165) is 16.6 Å². The first-order valence-electron chi connectivity index (χ1n) is 7.40. The molecule has 1 aromatic heterocycles.